The van der Waals surface area contributed by atoms with Crippen LogP contribution < -0.4 is 5.73 Å². The summed E-state index contributed by atoms with van der Waals surface area (Å²) in [5.74, 6) is 0. The summed E-state index contributed by atoms with van der Waals surface area (Å²) in [5.41, 5.74) is 5.98. The molecule has 0 bridgehead atoms. The van der Waals surface area contributed by atoms with Crippen molar-refractivity contribution in [2.75, 3.05) is 19.8 Å². The highest BCUT2D eigenvalue weighted by Gasteiger charge is 2.27. The summed E-state index contributed by atoms with van der Waals surface area (Å²) in [7, 11) is -5.81. The molecule has 1 aromatic carbocycles. The molecule has 0 fully saturated rings. The first-order chi connectivity index (χ1) is 9.01. The molecule has 20 heavy (non-hydrogen) atoms. The van der Waals surface area contributed by atoms with Gasteiger partial charge in [-0.2, -0.15) is 4.31 Å². The molecule has 1 atom stereocenters. The molecular weight excluding hydrogens is 300 g/mol. The number of sulfone groups is 1. The molecule has 0 heterocycles. The zero-order valence-corrected chi connectivity index (χ0v) is 13.6. The molecule has 0 aromatic heterocycles. The van der Waals surface area contributed by atoms with Crippen LogP contribution in [-0.4, -0.2) is 47.0 Å². The van der Waals surface area contributed by atoms with Gasteiger partial charge in [0.05, 0.1) is 9.79 Å². The largest absolute Gasteiger partial charge is 0.329 e. The Bertz CT molecular complexity index is 696. The van der Waals surface area contributed by atoms with Crippen molar-refractivity contribution in [2.24, 2.45) is 5.73 Å². The van der Waals surface area contributed by atoms with Gasteiger partial charge in [-0.15, -0.1) is 0 Å². The Labute approximate surface area is 120 Å². The highest BCUT2D eigenvalue weighted by molar-refractivity contribution is 7.91. The second-order valence-electron chi connectivity index (χ2n) is 4.81. The lowest BCUT2D eigenvalue weighted by Crippen LogP contribution is -2.39. The van der Waals surface area contributed by atoms with E-state index >= 15 is 0 Å². The van der Waals surface area contributed by atoms with Gasteiger partial charge in [0.2, 0.25) is 10.0 Å². The number of nitrogens with zero attached hydrogens (tertiary/aromatic N) is 1. The molecule has 0 aliphatic carbocycles. The highest BCUT2D eigenvalue weighted by Crippen LogP contribution is 2.23. The average molecular weight is 320 g/mol. The number of aryl methyl sites for hydroxylation is 1. The molecule has 1 aromatic rings. The van der Waals surface area contributed by atoms with Gasteiger partial charge >= 0.3 is 0 Å². The van der Waals surface area contributed by atoms with E-state index in [0.717, 1.165) is 10.6 Å². The van der Waals surface area contributed by atoms with Gasteiger partial charge in [0, 0.05) is 25.9 Å². The zero-order chi connectivity index (χ0) is 15.7. The molecular formula is C12H20N2O4S2. The second-order valence-corrected chi connectivity index (χ2v) is 8.79. The van der Waals surface area contributed by atoms with Crippen molar-refractivity contribution in [1.29, 1.82) is 0 Å². The lowest BCUT2D eigenvalue weighted by atomic mass is 10.2. The van der Waals surface area contributed by atoms with E-state index < -0.39 is 19.9 Å². The third-order valence-corrected chi connectivity index (χ3v) is 6.43. The van der Waals surface area contributed by atoms with Crippen LogP contribution in [0.4, 0.5) is 0 Å². The normalized spacial score (nSPS) is 14.5. The van der Waals surface area contributed by atoms with Crippen molar-refractivity contribution in [3.8, 4) is 0 Å². The van der Waals surface area contributed by atoms with Crippen LogP contribution in [0.1, 0.15) is 12.5 Å². The molecule has 6 nitrogen and oxygen atoms in total. The van der Waals surface area contributed by atoms with E-state index in [2.05, 4.69) is 0 Å². The van der Waals surface area contributed by atoms with E-state index in [1.54, 1.807) is 13.8 Å². The summed E-state index contributed by atoms with van der Waals surface area (Å²) in [5, 5.41) is 0. The first kappa shape index (κ1) is 17.1. The number of likely N-dealkylation sites (N-methyl/N-ethyl adjacent to an activating group) is 1. The number of sulfonamides is 1. The van der Waals surface area contributed by atoms with Gasteiger partial charge in [-0.1, -0.05) is 6.07 Å². The number of hydrogen-bond donors (Lipinski definition) is 1. The summed E-state index contributed by atoms with van der Waals surface area (Å²) >= 11 is 0. The van der Waals surface area contributed by atoms with Gasteiger partial charge in [-0.05, 0) is 31.5 Å². The quantitative estimate of drug-likeness (QED) is 0.845. The van der Waals surface area contributed by atoms with Crippen LogP contribution in [0.5, 0.6) is 0 Å². The van der Waals surface area contributed by atoms with Crippen LogP contribution in [0.25, 0.3) is 0 Å². The predicted octanol–water partition coefficient (Wildman–Crippen LogP) is 0.366. The van der Waals surface area contributed by atoms with Crippen molar-refractivity contribution < 1.29 is 16.8 Å². The molecule has 0 spiro atoms. The summed E-state index contributed by atoms with van der Waals surface area (Å²) in [6, 6.07) is 3.71. The maximum Gasteiger partial charge on any atom is 0.243 e. The predicted molar refractivity (Wildman–Crippen MR) is 77.8 cm³/mol. The standard InChI is InChI=1S/C12H20N2O4S2/c1-9-5-6-11(19(4,15)16)7-12(9)20(17,18)14(3)10(2)8-13/h5-7,10H,8,13H2,1-4H3. The van der Waals surface area contributed by atoms with E-state index in [-0.39, 0.29) is 22.4 Å². The molecule has 0 saturated carbocycles. The van der Waals surface area contributed by atoms with Crippen molar-refractivity contribution in [2.45, 2.75) is 29.7 Å². The third kappa shape index (κ3) is 3.38. The summed E-state index contributed by atoms with van der Waals surface area (Å²) in [4.78, 5) is -0.0290. The monoisotopic (exact) mass is 320 g/mol. The fourth-order valence-corrected chi connectivity index (χ4v) is 3.97. The smallest absolute Gasteiger partial charge is 0.243 e. The van der Waals surface area contributed by atoms with Gasteiger partial charge in [0.1, 0.15) is 0 Å². The highest BCUT2D eigenvalue weighted by atomic mass is 32.2. The number of nitrogens with two attached hydrogens (primary N) is 1. The SMILES string of the molecule is Cc1ccc(S(C)(=O)=O)cc1S(=O)(=O)N(C)C(C)CN. The first-order valence-electron chi connectivity index (χ1n) is 6.00. The molecule has 0 amide bonds. The average Bonchev–Trinajstić information content (AvgIpc) is 2.35. The fourth-order valence-electron chi connectivity index (χ4n) is 1.63. The lowest BCUT2D eigenvalue weighted by molar-refractivity contribution is 0.394. The molecule has 0 radical (unpaired) electrons. The Morgan fingerprint density at radius 2 is 1.80 bits per heavy atom. The second kappa shape index (κ2) is 5.80. The summed E-state index contributed by atoms with van der Waals surface area (Å²) in [6.45, 7) is 3.49. The van der Waals surface area contributed by atoms with E-state index in [9.17, 15) is 16.8 Å². The Hall–Kier alpha value is -0.960. The minimum atomic E-state index is -3.77. The van der Waals surface area contributed by atoms with Crippen molar-refractivity contribution in [3.05, 3.63) is 23.8 Å². The van der Waals surface area contributed by atoms with E-state index in [0.29, 0.717) is 5.56 Å². The summed E-state index contributed by atoms with van der Waals surface area (Å²) < 4.78 is 49.3. The molecule has 0 saturated heterocycles. The number of rotatable bonds is 5. The molecule has 8 heteroatoms. The van der Waals surface area contributed by atoms with Crippen molar-refractivity contribution in [3.63, 3.8) is 0 Å². The Morgan fingerprint density at radius 1 is 1.25 bits per heavy atom. The van der Waals surface area contributed by atoms with Crippen LogP contribution >= 0.6 is 0 Å². The maximum absolute atomic E-state index is 12.5. The van der Waals surface area contributed by atoms with E-state index in [1.807, 2.05) is 0 Å². The van der Waals surface area contributed by atoms with E-state index in [4.69, 9.17) is 5.73 Å². The van der Waals surface area contributed by atoms with Crippen LogP contribution in [0.2, 0.25) is 0 Å². The summed E-state index contributed by atoms with van der Waals surface area (Å²) in [6.07, 6.45) is 1.04. The van der Waals surface area contributed by atoms with Crippen molar-refractivity contribution in [1.82, 2.24) is 4.31 Å². The van der Waals surface area contributed by atoms with Crippen LogP contribution in [0, 0.1) is 6.92 Å². The first-order valence-corrected chi connectivity index (χ1v) is 9.33. The maximum atomic E-state index is 12.5. The van der Waals surface area contributed by atoms with Crippen molar-refractivity contribution >= 4 is 19.9 Å². The minimum absolute atomic E-state index is 0.0109. The van der Waals surface area contributed by atoms with Gasteiger partial charge in [-0.25, -0.2) is 16.8 Å². The lowest BCUT2D eigenvalue weighted by Gasteiger charge is -2.24. The Balaban J connectivity index is 3.46. The van der Waals surface area contributed by atoms with E-state index in [1.165, 1.54) is 25.2 Å². The minimum Gasteiger partial charge on any atom is -0.329 e. The van der Waals surface area contributed by atoms with Crippen LogP contribution in [0.3, 0.4) is 0 Å². The zero-order valence-electron chi connectivity index (χ0n) is 12.0. The van der Waals surface area contributed by atoms with Gasteiger partial charge in [0.15, 0.2) is 9.84 Å². The number of hydrogen-bond acceptors (Lipinski definition) is 5. The molecule has 1 rings (SSSR count). The van der Waals surface area contributed by atoms with Crippen LogP contribution in [-0.2, 0) is 19.9 Å². The molecule has 0 aliphatic heterocycles. The van der Waals surface area contributed by atoms with Gasteiger partial charge in [-0.3, -0.25) is 0 Å². The Kier molecular flexibility index (Phi) is 4.96. The van der Waals surface area contributed by atoms with Gasteiger partial charge in [0.25, 0.3) is 0 Å². The molecule has 1 unspecified atom stereocenters. The molecule has 114 valence electrons. The topological polar surface area (TPSA) is 97.5 Å². The molecule has 2 N–H and O–H groups in total. The van der Waals surface area contributed by atoms with Crippen LogP contribution in [0.15, 0.2) is 28.0 Å². The number of benzene rings is 1. The molecule has 0 aliphatic rings. The third-order valence-electron chi connectivity index (χ3n) is 3.21. The fraction of sp³-hybridized carbons (Fsp3) is 0.500. The Morgan fingerprint density at radius 3 is 2.25 bits per heavy atom. The van der Waals surface area contributed by atoms with Gasteiger partial charge < -0.3 is 5.73 Å².